The standard InChI is InChI=1S/C26H29N5/c1-18(2)31(10-9-21-6-8-25-19(3)5-7-23(25)12-21)17-22(13-27)15-29-26-11-20(4)24(14-28)16-30-26/h6,8,11-13,15-16H,1,3,5,7,9-10,17,27H2,2,4H3. The predicted octanol–water partition coefficient (Wildman–Crippen LogP) is 4.84. The van der Waals surface area contributed by atoms with Crippen molar-refractivity contribution in [2.45, 2.75) is 33.1 Å². The van der Waals surface area contributed by atoms with Crippen LogP contribution in [0.3, 0.4) is 0 Å². The second-order valence-electron chi connectivity index (χ2n) is 7.97. The zero-order valence-corrected chi connectivity index (χ0v) is 18.4. The highest BCUT2D eigenvalue weighted by atomic mass is 15.1. The van der Waals surface area contributed by atoms with Crippen molar-refractivity contribution >= 4 is 17.6 Å². The van der Waals surface area contributed by atoms with E-state index in [1.165, 1.54) is 22.3 Å². The summed E-state index contributed by atoms with van der Waals surface area (Å²) in [6.07, 6.45) is 7.92. The normalized spacial score (nSPS) is 13.3. The summed E-state index contributed by atoms with van der Waals surface area (Å²) in [6, 6.07) is 10.6. The first-order valence-electron chi connectivity index (χ1n) is 10.4. The Hall–Kier alpha value is -3.65. The van der Waals surface area contributed by atoms with Crippen LogP contribution in [-0.4, -0.2) is 29.2 Å². The molecule has 0 bridgehead atoms. The molecule has 0 aliphatic heterocycles. The van der Waals surface area contributed by atoms with Crippen molar-refractivity contribution in [2.24, 2.45) is 10.7 Å². The SMILES string of the molecule is C=C1CCc2cc(CCN(CC(C=Nc3cc(C)c(C#N)cn3)=CN)C(=C)C)ccc21. The Balaban J connectivity index is 1.64. The molecule has 2 aromatic rings. The number of pyridine rings is 1. The smallest absolute Gasteiger partial charge is 0.152 e. The van der Waals surface area contributed by atoms with Crippen LogP contribution >= 0.6 is 0 Å². The Bertz CT molecular complexity index is 1100. The number of nitrogens with zero attached hydrogens (tertiary/aromatic N) is 4. The molecule has 1 aromatic heterocycles. The number of hydrogen-bond donors (Lipinski definition) is 1. The molecule has 0 saturated heterocycles. The third kappa shape index (κ3) is 5.49. The molecule has 1 aliphatic rings. The minimum absolute atomic E-state index is 0.553. The zero-order valence-electron chi connectivity index (χ0n) is 18.4. The van der Waals surface area contributed by atoms with Crippen molar-refractivity contribution < 1.29 is 0 Å². The van der Waals surface area contributed by atoms with Crippen LogP contribution in [0, 0.1) is 18.3 Å². The van der Waals surface area contributed by atoms with Crippen LogP contribution < -0.4 is 5.73 Å². The van der Waals surface area contributed by atoms with Gasteiger partial charge in [-0.25, -0.2) is 9.98 Å². The fourth-order valence-electron chi connectivity index (χ4n) is 3.68. The van der Waals surface area contributed by atoms with Crippen molar-refractivity contribution in [3.8, 4) is 6.07 Å². The molecule has 5 heteroatoms. The summed E-state index contributed by atoms with van der Waals surface area (Å²) in [6.45, 7) is 13.6. The summed E-state index contributed by atoms with van der Waals surface area (Å²) in [5, 5.41) is 9.04. The highest BCUT2D eigenvalue weighted by Crippen LogP contribution is 2.31. The molecule has 0 atom stereocenters. The molecule has 0 spiro atoms. The minimum Gasteiger partial charge on any atom is -0.404 e. The Labute approximate surface area is 184 Å². The summed E-state index contributed by atoms with van der Waals surface area (Å²) < 4.78 is 0. The van der Waals surface area contributed by atoms with E-state index in [9.17, 15) is 0 Å². The van der Waals surface area contributed by atoms with Gasteiger partial charge in [0, 0.05) is 43.0 Å². The lowest BCUT2D eigenvalue weighted by atomic mass is 10.0. The molecule has 1 heterocycles. The first-order valence-corrected chi connectivity index (χ1v) is 10.4. The van der Waals surface area contributed by atoms with E-state index in [0.717, 1.165) is 42.6 Å². The predicted molar refractivity (Wildman–Crippen MR) is 128 cm³/mol. The van der Waals surface area contributed by atoms with Gasteiger partial charge < -0.3 is 10.6 Å². The van der Waals surface area contributed by atoms with Gasteiger partial charge in [-0.15, -0.1) is 0 Å². The number of allylic oxidation sites excluding steroid dienone is 2. The van der Waals surface area contributed by atoms with Crippen molar-refractivity contribution in [1.82, 2.24) is 9.88 Å². The van der Waals surface area contributed by atoms with Crippen molar-refractivity contribution in [2.75, 3.05) is 13.1 Å². The van der Waals surface area contributed by atoms with Crippen molar-refractivity contribution in [3.63, 3.8) is 0 Å². The first-order chi connectivity index (χ1) is 14.9. The van der Waals surface area contributed by atoms with Crippen LogP contribution in [0.2, 0.25) is 0 Å². The van der Waals surface area contributed by atoms with Gasteiger partial charge in [0.15, 0.2) is 5.82 Å². The van der Waals surface area contributed by atoms with E-state index in [1.807, 2.05) is 13.8 Å². The van der Waals surface area contributed by atoms with Crippen LogP contribution in [0.4, 0.5) is 5.82 Å². The Morgan fingerprint density at radius 1 is 1.35 bits per heavy atom. The van der Waals surface area contributed by atoms with Gasteiger partial charge in [0.05, 0.1) is 5.56 Å². The number of aryl methyl sites for hydroxylation is 2. The number of aliphatic imine (C=N–C) groups is 1. The second kappa shape index (κ2) is 9.90. The van der Waals surface area contributed by atoms with Crippen LogP contribution in [0.25, 0.3) is 5.57 Å². The number of benzene rings is 1. The fourth-order valence-corrected chi connectivity index (χ4v) is 3.68. The molecule has 158 valence electrons. The molecule has 0 amide bonds. The zero-order chi connectivity index (χ0) is 22.4. The highest BCUT2D eigenvalue weighted by Gasteiger charge is 2.15. The first kappa shape index (κ1) is 22.0. The number of nitriles is 1. The molecule has 3 rings (SSSR count). The summed E-state index contributed by atoms with van der Waals surface area (Å²) in [5.74, 6) is 0.553. The van der Waals surface area contributed by atoms with Gasteiger partial charge in [0.1, 0.15) is 6.07 Å². The maximum Gasteiger partial charge on any atom is 0.152 e. The minimum atomic E-state index is 0.553. The number of nitrogens with two attached hydrogens (primary N) is 1. The largest absolute Gasteiger partial charge is 0.404 e. The monoisotopic (exact) mass is 411 g/mol. The molecule has 5 nitrogen and oxygen atoms in total. The Morgan fingerprint density at radius 3 is 2.84 bits per heavy atom. The molecule has 1 aromatic carbocycles. The van der Waals surface area contributed by atoms with E-state index in [4.69, 9.17) is 11.0 Å². The van der Waals surface area contributed by atoms with Gasteiger partial charge in [-0.1, -0.05) is 31.4 Å². The topological polar surface area (TPSA) is 78.3 Å². The summed E-state index contributed by atoms with van der Waals surface area (Å²) >= 11 is 0. The Kier molecular flexibility index (Phi) is 7.04. The van der Waals surface area contributed by atoms with Gasteiger partial charge in [-0.3, -0.25) is 0 Å². The third-order valence-electron chi connectivity index (χ3n) is 5.62. The quantitative estimate of drug-likeness (QED) is 0.630. The van der Waals surface area contributed by atoms with Crippen LogP contribution in [0.1, 0.15) is 41.2 Å². The lowest BCUT2D eigenvalue weighted by Gasteiger charge is -2.25. The fraction of sp³-hybridized carbons (Fsp3) is 0.269. The maximum atomic E-state index is 9.04. The summed E-state index contributed by atoms with van der Waals surface area (Å²) in [5.41, 5.74) is 14.4. The van der Waals surface area contributed by atoms with Crippen LogP contribution in [0.15, 0.2) is 66.1 Å². The molecule has 31 heavy (non-hydrogen) atoms. The van der Waals surface area contributed by atoms with E-state index in [2.05, 4.69) is 52.3 Å². The second-order valence-corrected chi connectivity index (χ2v) is 7.97. The van der Waals surface area contributed by atoms with Crippen LogP contribution in [0.5, 0.6) is 0 Å². The summed E-state index contributed by atoms with van der Waals surface area (Å²) in [7, 11) is 0. The van der Waals surface area contributed by atoms with E-state index in [-0.39, 0.29) is 0 Å². The maximum absolute atomic E-state index is 9.04. The van der Waals surface area contributed by atoms with Gasteiger partial charge in [-0.05, 0) is 67.0 Å². The molecule has 0 saturated carbocycles. The molecular weight excluding hydrogens is 382 g/mol. The van der Waals surface area contributed by atoms with Gasteiger partial charge >= 0.3 is 0 Å². The van der Waals surface area contributed by atoms with Crippen molar-refractivity contribution in [1.29, 1.82) is 5.26 Å². The molecule has 2 N–H and O–H groups in total. The third-order valence-corrected chi connectivity index (χ3v) is 5.62. The van der Waals surface area contributed by atoms with E-state index >= 15 is 0 Å². The van der Waals surface area contributed by atoms with Crippen LogP contribution in [-0.2, 0) is 12.8 Å². The molecule has 0 radical (unpaired) electrons. The van der Waals surface area contributed by atoms with Gasteiger partial charge in [0.2, 0.25) is 0 Å². The number of rotatable bonds is 8. The van der Waals surface area contributed by atoms with E-state index in [0.29, 0.717) is 17.9 Å². The van der Waals surface area contributed by atoms with Crippen molar-refractivity contribution in [3.05, 3.63) is 88.9 Å². The lowest BCUT2D eigenvalue weighted by Crippen LogP contribution is -2.27. The number of fused-ring (bicyclic) bond motifs is 1. The Morgan fingerprint density at radius 2 is 2.16 bits per heavy atom. The van der Waals surface area contributed by atoms with Gasteiger partial charge in [-0.2, -0.15) is 5.26 Å². The molecular formula is C26H29N5. The molecule has 0 fully saturated rings. The van der Waals surface area contributed by atoms with E-state index < -0.39 is 0 Å². The number of hydrogen-bond acceptors (Lipinski definition) is 5. The average Bonchev–Trinajstić information content (AvgIpc) is 3.13. The molecule has 1 aliphatic carbocycles. The highest BCUT2D eigenvalue weighted by molar-refractivity contribution is 5.81. The molecule has 0 unspecified atom stereocenters. The number of aromatic nitrogens is 1. The van der Waals surface area contributed by atoms with Gasteiger partial charge in [0.25, 0.3) is 0 Å². The lowest BCUT2D eigenvalue weighted by molar-refractivity contribution is 0.383. The summed E-state index contributed by atoms with van der Waals surface area (Å²) in [4.78, 5) is 10.8. The van der Waals surface area contributed by atoms with E-state index in [1.54, 1.807) is 24.7 Å². The average molecular weight is 412 g/mol.